The molecule has 0 saturated carbocycles. The third-order valence-corrected chi connectivity index (χ3v) is 9.56. The zero-order valence-electron chi connectivity index (χ0n) is 17.6. The van der Waals surface area contributed by atoms with Crippen molar-refractivity contribution in [2.24, 2.45) is 0 Å². The van der Waals surface area contributed by atoms with Crippen molar-refractivity contribution in [1.82, 2.24) is 9.79 Å². The molecule has 1 saturated heterocycles. The molecule has 33 heavy (non-hydrogen) atoms. The Morgan fingerprint density at radius 2 is 1.61 bits per heavy atom. The first-order valence-electron chi connectivity index (χ1n) is 9.89. The summed E-state index contributed by atoms with van der Waals surface area (Å²) in [5, 5.41) is 9.23. The standard InChI is InChI=1S/C20H22N2O9S2/c1-32(25,26)22-10-8-20(9-11-22,19(23)21-24)33(27,28)16-5-2-14(3-6-16)31-15-4-7-17-18(12-15)30-13-29-17/h2-7,12,24H,8-11,13H2,1H3,(H,21,23). The second kappa shape index (κ2) is 8.48. The van der Waals surface area contributed by atoms with Crippen LogP contribution in [-0.4, -0.2) is 63.1 Å². The van der Waals surface area contributed by atoms with Gasteiger partial charge in [-0.05, 0) is 49.2 Å². The molecule has 4 rings (SSSR count). The Bertz CT molecular complexity index is 1270. The molecular weight excluding hydrogens is 476 g/mol. The van der Waals surface area contributed by atoms with Crippen molar-refractivity contribution >= 4 is 25.8 Å². The Hall–Kier alpha value is -2.87. The third-order valence-electron chi connectivity index (χ3n) is 5.74. The SMILES string of the molecule is CS(=O)(=O)N1CCC(C(=O)NO)(S(=O)(=O)c2ccc(Oc3ccc4c(c3)OCO4)cc2)CC1. The number of fused-ring (bicyclic) bond motifs is 1. The highest BCUT2D eigenvalue weighted by Gasteiger charge is 2.53. The number of hydrogen-bond acceptors (Lipinski definition) is 9. The van der Waals surface area contributed by atoms with Gasteiger partial charge < -0.3 is 14.2 Å². The minimum Gasteiger partial charge on any atom is -0.457 e. The summed E-state index contributed by atoms with van der Waals surface area (Å²) < 4.78 is 65.9. The second-order valence-corrected chi connectivity index (χ2v) is 11.9. The molecule has 13 heteroatoms. The van der Waals surface area contributed by atoms with Crippen LogP contribution in [0, 0.1) is 0 Å². The summed E-state index contributed by atoms with van der Waals surface area (Å²) in [5.41, 5.74) is 1.44. The fraction of sp³-hybridized carbons (Fsp3) is 0.350. The molecule has 0 aliphatic carbocycles. The topological polar surface area (TPSA) is 149 Å². The molecule has 2 aliphatic rings. The first kappa shape index (κ1) is 23.3. The number of benzene rings is 2. The van der Waals surface area contributed by atoms with Gasteiger partial charge in [0.25, 0.3) is 5.91 Å². The van der Waals surface area contributed by atoms with Gasteiger partial charge in [-0.2, -0.15) is 0 Å². The largest absolute Gasteiger partial charge is 0.457 e. The van der Waals surface area contributed by atoms with Crippen LogP contribution in [0.2, 0.25) is 0 Å². The molecule has 178 valence electrons. The third kappa shape index (κ3) is 4.24. The monoisotopic (exact) mass is 498 g/mol. The van der Waals surface area contributed by atoms with Crippen LogP contribution in [0.1, 0.15) is 12.8 Å². The fourth-order valence-corrected chi connectivity index (χ4v) is 6.69. The number of amides is 1. The predicted octanol–water partition coefficient (Wildman–Crippen LogP) is 1.28. The number of hydroxylamine groups is 1. The van der Waals surface area contributed by atoms with Crippen LogP contribution in [-0.2, 0) is 24.7 Å². The summed E-state index contributed by atoms with van der Waals surface area (Å²) in [7, 11) is -7.83. The highest BCUT2D eigenvalue weighted by Crippen LogP contribution is 2.39. The van der Waals surface area contributed by atoms with E-state index in [-0.39, 0.29) is 37.6 Å². The zero-order valence-corrected chi connectivity index (χ0v) is 19.2. The van der Waals surface area contributed by atoms with E-state index in [1.807, 2.05) is 0 Å². The minimum absolute atomic E-state index is 0.121. The lowest BCUT2D eigenvalue weighted by Crippen LogP contribution is -2.58. The maximum Gasteiger partial charge on any atom is 0.265 e. The van der Waals surface area contributed by atoms with Crippen molar-refractivity contribution in [2.45, 2.75) is 22.5 Å². The average molecular weight is 499 g/mol. The van der Waals surface area contributed by atoms with E-state index in [0.29, 0.717) is 23.0 Å². The van der Waals surface area contributed by atoms with Gasteiger partial charge in [0.2, 0.25) is 16.8 Å². The van der Waals surface area contributed by atoms with Crippen LogP contribution in [0.5, 0.6) is 23.0 Å². The molecule has 11 nitrogen and oxygen atoms in total. The molecule has 1 amide bonds. The Morgan fingerprint density at radius 3 is 2.21 bits per heavy atom. The second-order valence-electron chi connectivity index (χ2n) is 7.69. The van der Waals surface area contributed by atoms with Crippen LogP contribution in [0.3, 0.4) is 0 Å². The minimum atomic E-state index is -4.29. The van der Waals surface area contributed by atoms with Crippen LogP contribution in [0.4, 0.5) is 0 Å². The van der Waals surface area contributed by atoms with Crippen molar-refractivity contribution in [3.05, 3.63) is 42.5 Å². The van der Waals surface area contributed by atoms with Gasteiger partial charge >= 0.3 is 0 Å². The normalized spacial score (nSPS) is 18.0. The summed E-state index contributed by atoms with van der Waals surface area (Å²) in [4.78, 5) is 12.4. The summed E-state index contributed by atoms with van der Waals surface area (Å²) in [5.74, 6) is 0.832. The number of ether oxygens (including phenoxy) is 3. The van der Waals surface area contributed by atoms with Gasteiger partial charge in [-0.15, -0.1) is 0 Å². The Labute approximate surface area is 190 Å². The zero-order chi connectivity index (χ0) is 23.9. The predicted molar refractivity (Wildman–Crippen MR) is 115 cm³/mol. The van der Waals surface area contributed by atoms with E-state index in [4.69, 9.17) is 14.2 Å². The number of sulfonamides is 1. The summed E-state index contributed by atoms with van der Waals surface area (Å²) in [6, 6.07) is 10.5. The number of piperidine rings is 1. The molecule has 0 unspecified atom stereocenters. The van der Waals surface area contributed by atoms with Crippen molar-refractivity contribution in [3.63, 3.8) is 0 Å². The van der Waals surface area contributed by atoms with Crippen LogP contribution < -0.4 is 19.7 Å². The molecule has 0 radical (unpaired) electrons. The van der Waals surface area contributed by atoms with E-state index in [2.05, 4.69) is 0 Å². The smallest absolute Gasteiger partial charge is 0.265 e. The number of carbonyl (C=O) groups excluding carboxylic acids is 1. The first-order valence-corrected chi connectivity index (χ1v) is 13.2. The van der Waals surface area contributed by atoms with Gasteiger partial charge in [0.05, 0.1) is 11.2 Å². The first-order chi connectivity index (χ1) is 15.6. The lowest BCUT2D eigenvalue weighted by molar-refractivity contribution is -0.133. The van der Waals surface area contributed by atoms with E-state index >= 15 is 0 Å². The number of nitrogens with zero attached hydrogens (tertiary/aromatic N) is 1. The molecule has 0 spiro atoms. The number of rotatable bonds is 6. The molecular formula is C20H22N2O9S2. The lowest BCUT2D eigenvalue weighted by Gasteiger charge is -2.38. The van der Waals surface area contributed by atoms with Gasteiger partial charge in [0.1, 0.15) is 11.5 Å². The van der Waals surface area contributed by atoms with E-state index in [9.17, 15) is 26.8 Å². The molecule has 0 bridgehead atoms. The number of carbonyl (C=O) groups is 1. The Kier molecular flexibility index (Phi) is 5.99. The molecule has 2 aromatic carbocycles. The fourth-order valence-electron chi connectivity index (χ4n) is 3.89. The maximum absolute atomic E-state index is 13.5. The molecule has 0 atom stereocenters. The van der Waals surface area contributed by atoms with Crippen molar-refractivity contribution < 1.29 is 41.0 Å². The highest BCUT2D eigenvalue weighted by atomic mass is 32.2. The number of hydrogen-bond donors (Lipinski definition) is 2. The van der Waals surface area contributed by atoms with E-state index in [1.54, 1.807) is 18.2 Å². The molecule has 2 heterocycles. The Morgan fingerprint density at radius 1 is 1.00 bits per heavy atom. The van der Waals surface area contributed by atoms with Crippen LogP contribution in [0.15, 0.2) is 47.4 Å². The number of nitrogens with one attached hydrogen (secondary N) is 1. The molecule has 2 aromatic rings. The molecule has 2 N–H and O–H groups in total. The van der Waals surface area contributed by atoms with Gasteiger partial charge in [-0.3, -0.25) is 10.0 Å². The quantitative estimate of drug-likeness (QED) is 0.444. The Balaban J connectivity index is 1.58. The maximum atomic E-state index is 13.5. The highest BCUT2D eigenvalue weighted by molar-refractivity contribution is 7.93. The van der Waals surface area contributed by atoms with Gasteiger partial charge in [0, 0.05) is 19.2 Å². The summed E-state index contributed by atoms with van der Waals surface area (Å²) >= 11 is 0. The van der Waals surface area contributed by atoms with Gasteiger partial charge in [0.15, 0.2) is 26.1 Å². The van der Waals surface area contributed by atoms with Crippen molar-refractivity contribution in [3.8, 4) is 23.0 Å². The molecule has 1 fully saturated rings. The van der Waals surface area contributed by atoms with Gasteiger partial charge in [-0.1, -0.05) is 0 Å². The van der Waals surface area contributed by atoms with E-state index in [0.717, 1.165) is 10.6 Å². The van der Waals surface area contributed by atoms with E-state index < -0.39 is 30.5 Å². The van der Waals surface area contributed by atoms with Crippen molar-refractivity contribution in [1.29, 1.82) is 0 Å². The summed E-state index contributed by atoms with van der Waals surface area (Å²) in [6.45, 7) is -0.218. The van der Waals surface area contributed by atoms with Crippen LogP contribution in [0.25, 0.3) is 0 Å². The molecule has 2 aliphatic heterocycles. The van der Waals surface area contributed by atoms with E-state index in [1.165, 1.54) is 29.7 Å². The van der Waals surface area contributed by atoms with Crippen LogP contribution >= 0.6 is 0 Å². The lowest BCUT2D eigenvalue weighted by atomic mass is 9.96. The number of sulfone groups is 1. The van der Waals surface area contributed by atoms with Gasteiger partial charge in [-0.25, -0.2) is 26.6 Å². The van der Waals surface area contributed by atoms with Crippen molar-refractivity contribution in [2.75, 3.05) is 26.1 Å². The average Bonchev–Trinajstić information content (AvgIpc) is 3.26. The molecule has 0 aromatic heterocycles. The summed E-state index contributed by atoms with van der Waals surface area (Å²) in [6.07, 6.45) is 0.411.